The average Bonchev–Trinajstić information content (AvgIpc) is 3.10. The van der Waals surface area contributed by atoms with Crippen molar-refractivity contribution in [3.8, 4) is 0 Å². The van der Waals surface area contributed by atoms with E-state index in [1.165, 1.54) is 12.8 Å². The van der Waals surface area contributed by atoms with E-state index < -0.39 is 0 Å². The van der Waals surface area contributed by atoms with E-state index in [1.807, 2.05) is 21.4 Å². The number of aromatic nitrogens is 3. The molecule has 1 N–H and O–H groups in total. The Hall–Kier alpha value is -2.28. The summed E-state index contributed by atoms with van der Waals surface area (Å²) in [5.41, 5.74) is 2.06. The second-order valence-electron chi connectivity index (χ2n) is 6.42. The van der Waals surface area contributed by atoms with Gasteiger partial charge < -0.3 is 14.3 Å². The van der Waals surface area contributed by atoms with Crippen molar-refractivity contribution in [1.29, 1.82) is 0 Å². The lowest BCUT2D eigenvalue weighted by Gasteiger charge is -2.15. The van der Waals surface area contributed by atoms with Gasteiger partial charge in [0.1, 0.15) is 11.5 Å². The summed E-state index contributed by atoms with van der Waals surface area (Å²) in [7, 11) is 0. The van der Waals surface area contributed by atoms with Crippen molar-refractivity contribution >= 4 is 38.8 Å². The molecule has 0 spiro atoms. The number of carbonyl (C=O) groups excluding carboxylic acids is 1. The first-order valence-corrected chi connectivity index (χ1v) is 9.12. The Bertz CT molecular complexity index is 948. The highest BCUT2D eigenvalue weighted by Gasteiger charge is 2.31. The molecule has 130 valence electrons. The quantitative estimate of drug-likeness (QED) is 0.612. The Balaban J connectivity index is 1.64. The third kappa shape index (κ3) is 2.93. The summed E-state index contributed by atoms with van der Waals surface area (Å²) in [6.07, 6.45) is 5.93. The van der Waals surface area contributed by atoms with Crippen molar-refractivity contribution in [3.05, 3.63) is 47.4 Å². The number of allylic oxidation sites excluding steroid dienone is 1. The fourth-order valence-electron chi connectivity index (χ4n) is 3.22. The molecule has 1 atom stereocenters. The molecule has 1 amide bonds. The minimum Gasteiger partial charge on any atom is -0.448 e. The number of hydrogen-bond acceptors (Lipinski definition) is 3. The number of fused-ring (bicyclic) bond motifs is 1. The van der Waals surface area contributed by atoms with Crippen LogP contribution in [0.1, 0.15) is 36.3 Å². The van der Waals surface area contributed by atoms with Gasteiger partial charge in [-0.2, -0.15) is 5.10 Å². The molecule has 0 aromatic carbocycles. The maximum atomic E-state index is 12.9. The molecule has 25 heavy (non-hydrogen) atoms. The summed E-state index contributed by atoms with van der Waals surface area (Å²) in [6, 6.07) is 5.73. The van der Waals surface area contributed by atoms with Crippen molar-refractivity contribution in [1.82, 2.24) is 14.3 Å². The summed E-state index contributed by atoms with van der Waals surface area (Å²) in [5.74, 6) is 1.18. The van der Waals surface area contributed by atoms with E-state index in [9.17, 15) is 4.79 Å². The Labute approximate surface area is 153 Å². The van der Waals surface area contributed by atoms with Gasteiger partial charge in [0, 0.05) is 24.7 Å². The van der Waals surface area contributed by atoms with Crippen LogP contribution in [0.15, 0.2) is 46.1 Å². The number of furan rings is 1. The Morgan fingerprint density at radius 2 is 2.36 bits per heavy atom. The van der Waals surface area contributed by atoms with Crippen molar-refractivity contribution in [2.75, 3.05) is 5.32 Å². The lowest BCUT2D eigenvalue weighted by atomic mass is 10.2. The number of amides is 1. The van der Waals surface area contributed by atoms with E-state index in [-0.39, 0.29) is 11.9 Å². The van der Waals surface area contributed by atoms with Crippen LogP contribution >= 0.6 is 15.9 Å². The lowest BCUT2D eigenvalue weighted by Crippen LogP contribution is -2.20. The first kappa shape index (κ1) is 16.2. The van der Waals surface area contributed by atoms with Crippen molar-refractivity contribution in [3.63, 3.8) is 0 Å². The molecular formula is C18H19BrN4O2. The van der Waals surface area contributed by atoms with Crippen LogP contribution in [0, 0.1) is 5.92 Å². The first-order chi connectivity index (χ1) is 12.1. The molecule has 1 unspecified atom stereocenters. The summed E-state index contributed by atoms with van der Waals surface area (Å²) in [4.78, 5) is 12.9. The zero-order chi connectivity index (χ0) is 17.6. The second-order valence-corrected chi connectivity index (χ2v) is 7.20. The molecule has 3 aromatic heterocycles. The monoisotopic (exact) mass is 402 g/mol. The summed E-state index contributed by atoms with van der Waals surface area (Å²) in [6.45, 7) is 6.45. The number of carbonyl (C=O) groups is 1. The van der Waals surface area contributed by atoms with Gasteiger partial charge in [-0.1, -0.05) is 6.08 Å². The van der Waals surface area contributed by atoms with Gasteiger partial charge in [0.15, 0.2) is 10.3 Å². The zero-order valence-corrected chi connectivity index (χ0v) is 15.5. The van der Waals surface area contributed by atoms with E-state index in [1.54, 1.807) is 18.3 Å². The van der Waals surface area contributed by atoms with Crippen molar-refractivity contribution < 1.29 is 9.21 Å². The highest BCUT2D eigenvalue weighted by Crippen LogP contribution is 2.40. The molecule has 0 aliphatic heterocycles. The largest absolute Gasteiger partial charge is 0.448 e. The molecule has 6 nitrogen and oxygen atoms in total. The molecule has 1 saturated carbocycles. The normalized spacial score (nSPS) is 15.4. The van der Waals surface area contributed by atoms with Gasteiger partial charge in [-0.05, 0) is 41.6 Å². The highest BCUT2D eigenvalue weighted by molar-refractivity contribution is 9.10. The second kappa shape index (κ2) is 6.22. The van der Waals surface area contributed by atoms with E-state index in [0.29, 0.717) is 34.2 Å². The number of nitrogens with one attached hydrogen (secondary N) is 1. The first-order valence-electron chi connectivity index (χ1n) is 8.33. The van der Waals surface area contributed by atoms with Gasteiger partial charge >= 0.3 is 0 Å². The van der Waals surface area contributed by atoms with Gasteiger partial charge in [-0.25, -0.2) is 4.68 Å². The van der Waals surface area contributed by atoms with Crippen LogP contribution in [0.3, 0.4) is 0 Å². The maximum Gasteiger partial charge on any atom is 0.273 e. The fraction of sp³-hybridized carbons (Fsp3) is 0.333. The smallest absolute Gasteiger partial charge is 0.273 e. The zero-order valence-electron chi connectivity index (χ0n) is 13.9. The number of rotatable bonds is 6. The molecule has 7 heteroatoms. The number of hydrogen-bond donors (Lipinski definition) is 1. The van der Waals surface area contributed by atoms with Crippen molar-refractivity contribution in [2.45, 2.75) is 32.4 Å². The van der Waals surface area contributed by atoms with Crippen LogP contribution in [0.4, 0.5) is 5.82 Å². The summed E-state index contributed by atoms with van der Waals surface area (Å²) >= 11 is 3.33. The van der Waals surface area contributed by atoms with Crippen LogP contribution in [-0.4, -0.2) is 20.3 Å². The third-order valence-corrected chi connectivity index (χ3v) is 5.10. The highest BCUT2D eigenvalue weighted by atomic mass is 79.9. The Morgan fingerprint density at radius 1 is 1.56 bits per heavy atom. The Kier molecular flexibility index (Phi) is 4.03. The van der Waals surface area contributed by atoms with Gasteiger partial charge in [-0.3, -0.25) is 4.79 Å². The number of nitrogens with zero attached hydrogens (tertiary/aromatic N) is 3. The number of anilines is 1. The third-order valence-electron chi connectivity index (χ3n) is 4.71. The van der Waals surface area contributed by atoms with Crippen LogP contribution in [0.2, 0.25) is 0 Å². The topological polar surface area (TPSA) is 65.0 Å². The SMILES string of the molecule is C=CCn1c(C(=O)Nc2ccnn2C(C)C2CC2)cc2oc(Br)cc21. The molecule has 0 saturated heterocycles. The molecule has 1 aliphatic rings. The van der Waals surface area contributed by atoms with Gasteiger partial charge in [0.05, 0.1) is 17.8 Å². The lowest BCUT2D eigenvalue weighted by molar-refractivity contribution is 0.101. The molecule has 1 aliphatic carbocycles. The fourth-order valence-corrected chi connectivity index (χ4v) is 3.61. The molecule has 3 aromatic rings. The maximum absolute atomic E-state index is 12.9. The predicted molar refractivity (Wildman–Crippen MR) is 99.7 cm³/mol. The van der Waals surface area contributed by atoms with Crippen molar-refractivity contribution in [2.24, 2.45) is 5.92 Å². The predicted octanol–water partition coefficient (Wildman–Crippen LogP) is 4.60. The van der Waals surface area contributed by atoms with E-state index in [0.717, 1.165) is 5.52 Å². The molecule has 1 fully saturated rings. The van der Waals surface area contributed by atoms with E-state index in [2.05, 4.69) is 39.8 Å². The van der Waals surface area contributed by atoms with Gasteiger partial charge in [-0.15, -0.1) is 6.58 Å². The molecule has 0 bridgehead atoms. The standard InChI is InChI=1S/C18H19BrN4O2/c1-3-8-22-13-10-16(19)25-15(13)9-14(22)18(24)21-17-6-7-20-23(17)11(2)12-4-5-12/h3,6-7,9-12H,1,4-5,8H2,2H3,(H,21,24). The average molecular weight is 403 g/mol. The van der Waals surface area contributed by atoms with Crippen LogP contribution in [0.5, 0.6) is 0 Å². The minimum absolute atomic E-state index is 0.186. The van der Waals surface area contributed by atoms with E-state index >= 15 is 0 Å². The van der Waals surface area contributed by atoms with Gasteiger partial charge in [0.2, 0.25) is 0 Å². The van der Waals surface area contributed by atoms with Crippen LogP contribution in [0.25, 0.3) is 11.1 Å². The van der Waals surface area contributed by atoms with Crippen LogP contribution in [-0.2, 0) is 6.54 Å². The Morgan fingerprint density at radius 3 is 3.08 bits per heavy atom. The summed E-state index contributed by atoms with van der Waals surface area (Å²) in [5, 5.41) is 7.37. The molecular weight excluding hydrogens is 384 g/mol. The van der Waals surface area contributed by atoms with Crippen LogP contribution < -0.4 is 5.32 Å². The van der Waals surface area contributed by atoms with E-state index in [4.69, 9.17) is 4.42 Å². The molecule has 0 radical (unpaired) electrons. The van der Waals surface area contributed by atoms with Gasteiger partial charge in [0.25, 0.3) is 5.91 Å². The number of halogens is 1. The molecule has 4 rings (SSSR count). The molecule has 3 heterocycles. The summed E-state index contributed by atoms with van der Waals surface area (Å²) < 4.78 is 10.0. The minimum atomic E-state index is -0.186.